The number of benzene rings is 1. The van der Waals surface area contributed by atoms with E-state index in [2.05, 4.69) is 15.3 Å². The summed E-state index contributed by atoms with van der Waals surface area (Å²) in [6.45, 7) is 0.468. The molecule has 0 unspecified atom stereocenters. The lowest BCUT2D eigenvalue weighted by Gasteiger charge is -2.47. The molecule has 0 atom stereocenters. The van der Waals surface area contributed by atoms with Crippen molar-refractivity contribution in [3.63, 3.8) is 0 Å². The minimum atomic E-state index is -3.09. The highest BCUT2D eigenvalue weighted by molar-refractivity contribution is 8.25. The van der Waals surface area contributed by atoms with Crippen LogP contribution in [0, 0.1) is 5.82 Å². The number of halogens is 1. The highest BCUT2D eigenvalue weighted by Gasteiger charge is 2.31. The molecule has 4 N–H and O–H groups in total. The fourth-order valence-corrected chi connectivity index (χ4v) is 5.02. The van der Waals surface area contributed by atoms with Crippen LogP contribution in [-0.2, 0) is 6.54 Å². The van der Waals surface area contributed by atoms with E-state index in [4.69, 9.17) is 0 Å². The van der Waals surface area contributed by atoms with Crippen LogP contribution in [-0.4, -0.2) is 42.4 Å². The van der Waals surface area contributed by atoms with Crippen molar-refractivity contribution in [1.82, 2.24) is 15.3 Å². The van der Waals surface area contributed by atoms with Crippen LogP contribution in [0.5, 0.6) is 5.75 Å². The van der Waals surface area contributed by atoms with E-state index in [1.54, 1.807) is 24.3 Å². The number of nitrogens with zero attached hydrogens (tertiary/aromatic N) is 3. The van der Waals surface area contributed by atoms with E-state index in [1.807, 2.05) is 0 Å². The molecule has 1 aliphatic heterocycles. The molecule has 30 heavy (non-hydrogen) atoms. The van der Waals surface area contributed by atoms with Crippen molar-refractivity contribution in [2.75, 3.05) is 16.6 Å². The van der Waals surface area contributed by atoms with Crippen molar-refractivity contribution in [2.24, 2.45) is 0 Å². The molecule has 0 saturated carbocycles. The third-order valence-corrected chi connectivity index (χ3v) is 6.81. The van der Waals surface area contributed by atoms with Gasteiger partial charge < -0.3 is 10.4 Å². The van der Waals surface area contributed by atoms with E-state index in [-0.39, 0.29) is 40.9 Å². The first-order valence-corrected chi connectivity index (χ1v) is 11.1. The van der Waals surface area contributed by atoms with Crippen LogP contribution in [0.1, 0.15) is 28.9 Å². The molecule has 1 aliphatic rings. The number of aromatic nitrogens is 2. The largest absolute Gasteiger partial charge is 0.504 e. The average molecular weight is 432 g/mol. The summed E-state index contributed by atoms with van der Waals surface area (Å²) in [6.07, 6.45) is 2.89. The zero-order valence-corrected chi connectivity index (χ0v) is 16.8. The Hall–Kier alpha value is -2.95. The fraction of sp³-hybridized carbons (Fsp3) is 0.250. The van der Waals surface area contributed by atoms with E-state index in [0.717, 1.165) is 6.42 Å². The zero-order chi connectivity index (χ0) is 21.3. The molecule has 1 amide bonds. The highest BCUT2D eigenvalue weighted by Crippen LogP contribution is 2.51. The summed E-state index contributed by atoms with van der Waals surface area (Å²) in [6, 6.07) is 8.97. The van der Waals surface area contributed by atoms with Gasteiger partial charge in [-0.2, -0.15) is 0 Å². The lowest BCUT2D eigenvalue weighted by atomic mass is 10.1. The van der Waals surface area contributed by atoms with Gasteiger partial charge in [-0.1, -0.05) is 12.1 Å². The van der Waals surface area contributed by atoms with Gasteiger partial charge in [0.25, 0.3) is 5.91 Å². The highest BCUT2D eigenvalue weighted by atomic mass is 32.3. The molecule has 4 rings (SSSR count). The summed E-state index contributed by atoms with van der Waals surface area (Å²) >= 11 is 0. The number of fused-ring (bicyclic) bond motifs is 1. The Morgan fingerprint density at radius 2 is 1.97 bits per heavy atom. The van der Waals surface area contributed by atoms with Gasteiger partial charge in [0.1, 0.15) is 11.3 Å². The van der Waals surface area contributed by atoms with Crippen molar-refractivity contribution >= 4 is 33.4 Å². The number of carbonyl (C=O) groups excluding carboxylic acids is 1. The van der Waals surface area contributed by atoms with Gasteiger partial charge in [0.15, 0.2) is 17.3 Å². The summed E-state index contributed by atoms with van der Waals surface area (Å²) in [7, 11) is -3.09. The third-order valence-electron chi connectivity index (χ3n) is 4.91. The van der Waals surface area contributed by atoms with E-state index in [0.29, 0.717) is 23.9 Å². The first-order chi connectivity index (χ1) is 14.4. The molecule has 0 spiro atoms. The molecule has 10 heteroatoms. The number of amides is 1. The van der Waals surface area contributed by atoms with Crippen molar-refractivity contribution < 1.29 is 23.4 Å². The first-order valence-electron chi connectivity index (χ1n) is 9.41. The molecule has 3 aromatic rings. The molecule has 8 nitrogen and oxygen atoms in total. The van der Waals surface area contributed by atoms with Gasteiger partial charge in [-0.05, 0) is 42.7 Å². The number of pyridine rings is 2. The number of hydrogen-bond donors (Lipinski definition) is 4. The Morgan fingerprint density at radius 1 is 1.20 bits per heavy atom. The zero-order valence-electron chi connectivity index (χ0n) is 16.0. The van der Waals surface area contributed by atoms with Crippen molar-refractivity contribution in [3.05, 3.63) is 59.7 Å². The van der Waals surface area contributed by atoms with Crippen LogP contribution in [0.15, 0.2) is 42.6 Å². The Labute approximate surface area is 173 Å². The van der Waals surface area contributed by atoms with Crippen LogP contribution in [0.2, 0.25) is 0 Å². The number of nitrogens with one attached hydrogen (secondary N) is 1. The Bertz CT molecular complexity index is 1090. The standard InChI is InChI=1S/C20H21FN4O4S/c21-14-7-5-13(6-8-14)12-23-20(27)17-18(26)16-15(4-3-9-22-16)19(24-17)25-10-1-2-11-30(25,28)29/h3-9,26,28-29H,1-2,10-12H2,(H,23,27). The molecular weight excluding hydrogens is 411 g/mol. The number of aromatic hydroxyl groups is 1. The van der Waals surface area contributed by atoms with Gasteiger partial charge in [0.2, 0.25) is 0 Å². The van der Waals surface area contributed by atoms with Crippen LogP contribution in [0.4, 0.5) is 10.2 Å². The summed E-state index contributed by atoms with van der Waals surface area (Å²) in [5, 5.41) is 13.7. The van der Waals surface area contributed by atoms with Gasteiger partial charge in [-0.3, -0.25) is 23.2 Å². The van der Waals surface area contributed by atoms with Crippen molar-refractivity contribution in [3.8, 4) is 5.75 Å². The van der Waals surface area contributed by atoms with Gasteiger partial charge in [-0.25, -0.2) is 9.37 Å². The molecule has 0 radical (unpaired) electrons. The smallest absolute Gasteiger partial charge is 0.274 e. The van der Waals surface area contributed by atoms with Crippen LogP contribution in [0.25, 0.3) is 10.9 Å². The maximum atomic E-state index is 13.1. The maximum absolute atomic E-state index is 13.1. The molecule has 1 fully saturated rings. The second-order valence-electron chi connectivity index (χ2n) is 6.99. The van der Waals surface area contributed by atoms with Gasteiger partial charge in [-0.15, -0.1) is 10.8 Å². The van der Waals surface area contributed by atoms with E-state index in [1.165, 1.54) is 22.6 Å². The Balaban J connectivity index is 1.72. The van der Waals surface area contributed by atoms with Crippen LogP contribution >= 0.6 is 10.8 Å². The second kappa shape index (κ2) is 8.05. The molecule has 158 valence electrons. The summed E-state index contributed by atoms with van der Waals surface area (Å²) in [5.74, 6) is -1.01. The molecule has 1 aromatic carbocycles. The van der Waals surface area contributed by atoms with Gasteiger partial charge >= 0.3 is 0 Å². The predicted molar refractivity (Wildman–Crippen MR) is 113 cm³/mol. The molecule has 3 heterocycles. The maximum Gasteiger partial charge on any atom is 0.274 e. The third kappa shape index (κ3) is 3.89. The first kappa shape index (κ1) is 20.3. The van der Waals surface area contributed by atoms with E-state index in [9.17, 15) is 23.4 Å². The molecule has 1 saturated heterocycles. The van der Waals surface area contributed by atoms with Crippen LogP contribution < -0.4 is 9.62 Å². The molecular formula is C20H21FN4O4S. The summed E-state index contributed by atoms with van der Waals surface area (Å²) < 4.78 is 35.5. The quantitative estimate of drug-likeness (QED) is 0.497. The minimum Gasteiger partial charge on any atom is -0.504 e. The number of anilines is 1. The monoisotopic (exact) mass is 432 g/mol. The van der Waals surface area contributed by atoms with E-state index < -0.39 is 16.7 Å². The lowest BCUT2D eigenvalue weighted by molar-refractivity contribution is 0.0943. The van der Waals surface area contributed by atoms with E-state index >= 15 is 0 Å². The topological polar surface area (TPSA) is 119 Å². The molecule has 0 aliphatic carbocycles. The normalized spacial score (nSPS) is 17.0. The predicted octanol–water partition coefficient (Wildman–Crippen LogP) is 3.67. The summed E-state index contributed by atoms with van der Waals surface area (Å²) in [4.78, 5) is 21.2. The minimum absolute atomic E-state index is 0.106. The molecule has 0 bridgehead atoms. The molecule has 2 aromatic heterocycles. The van der Waals surface area contributed by atoms with Gasteiger partial charge in [0.05, 0.1) is 5.75 Å². The van der Waals surface area contributed by atoms with Crippen molar-refractivity contribution in [1.29, 1.82) is 0 Å². The number of hydrogen-bond acceptors (Lipinski definition) is 7. The Morgan fingerprint density at radius 3 is 2.70 bits per heavy atom. The van der Waals surface area contributed by atoms with Gasteiger partial charge in [0, 0.05) is 24.7 Å². The fourth-order valence-electron chi connectivity index (χ4n) is 3.37. The second-order valence-corrected chi connectivity index (χ2v) is 9.10. The lowest BCUT2D eigenvalue weighted by Crippen LogP contribution is -2.35. The SMILES string of the molecule is O=C(NCc1ccc(F)cc1)c1nc(N2CCCCS2(O)O)c2cccnc2c1O. The number of carbonyl (C=O) groups is 1. The van der Waals surface area contributed by atoms with Crippen LogP contribution in [0.3, 0.4) is 0 Å². The summed E-state index contributed by atoms with van der Waals surface area (Å²) in [5.41, 5.74) is 0.558. The number of rotatable bonds is 4. The van der Waals surface area contributed by atoms with Crippen molar-refractivity contribution in [2.45, 2.75) is 19.4 Å². The Kier molecular flexibility index (Phi) is 5.46. The average Bonchev–Trinajstić information content (AvgIpc) is 2.74.